The molecular formula is C17H24N4O. The quantitative estimate of drug-likeness (QED) is 0.819. The molecule has 3 heterocycles. The van der Waals surface area contributed by atoms with Crippen molar-refractivity contribution in [3.8, 4) is 0 Å². The van der Waals surface area contributed by atoms with Crippen LogP contribution in [0.2, 0.25) is 0 Å². The van der Waals surface area contributed by atoms with Gasteiger partial charge in [0.05, 0.1) is 12.7 Å². The lowest BCUT2D eigenvalue weighted by molar-refractivity contribution is 0.243. The molecule has 3 rings (SSSR count). The molecule has 0 spiro atoms. The van der Waals surface area contributed by atoms with Gasteiger partial charge in [0.1, 0.15) is 5.76 Å². The number of hydrogen-bond donors (Lipinski definition) is 0. The Bertz CT molecular complexity index is 583. The average Bonchev–Trinajstić information content (AvgIpc) is 3.09. The summed E-state index contributed by atoms with van der Waals surface area (Å²) in [4.78, 5) is 13.3. The van der Waals surface area contributed by atoms with E-state index in [0.717, 1.165) is 50.3 Å². The number of oxazole rings is 1. The van der Waals surface area contributed by atoms with Gasteiger partial charge in [-0.2, -0.15) is 0 Å². The molecule has 22 heavy (non-hydrogen) atoms. The van der Waals surface area contributed by atoms with Gasteiger partial charge in [0.25, 0.3) is 0 Å². The molecule has 118 valence electrons. The Kier molecular flexibility index (Phi) is 4.85. The zero-order valence-corrected chi connectivity index (χ0v) is 13.4. The van der Waals surface area contributed by atoms with Crippen LogP contribution in [0.25, 0.3) is 0 Å². The highest BCUT2D eigenvalue weighted by Gasteiger charge is 2.24. The summed E-state index contributed by atoms with van der Waals surface area (Å²) >= 11 is 0. The number of aryl methyl sites for hydroxylation is 1. The Morgan fingerprint density at radius 3 is 3.05 bits per heavy atom. The maximum absolute atomic E-state index is 5.57. The molecule has 0 saturated carbocycles. The first-order valence-corrected chi connectivity index (χ1v) is 7.90. The number of aromatic nitrogens is 2. The fourth-order valence-electron chi connectivity index (χ4n) is 3.18. The van der Waals surface area contributed by atoms with Crippen molar-refractivity contribution in [3.05, 3.63) is 47.9 Å². The first-order valence-electron chi connectivity index (χ1n) is 7.90. The van der Waals surface area contributed by atoms with Crippen LogP contribution in [0.4, 0.5) is 0 Å². The highest BCUT2D eigenvalue weighted by molar-refractivity contribution is 5.08. The summed E-state index contributed by atoms with van der Waals surface area (Å²) in [6.45, 7) is 7.11. The number of likely N-dealkylation sites (tertiary alicyclic amines) is 1. The molecule has 0 aliphatic carbocycles. The Hall–Kier alpha value is -1.72. The van der Waals surface area contributed by atoms with Crippen molar-refractivity contribution in [1.29, 1.82) is 0 Å². The Balaban J connectivity index is 1.44. The Morgan fingerprint density at radius 2 is 2.32 bits per heavy atom. The lowest BCUT2D eigenvalue weighted by Gasteiger charge is -2.21. The van der Waals surface area contributed by atoms with E-state index in [4.69, 9.17) is 4.42 Å². The van der Waals surface area contributed by atoms with E-state index in [9.17, 15) is 0 Å². The predicted molar refractivity (Wildman–Crippen MR) is 85.2 cm³/mol. The Morgan fingerprint density at radius 1 is 1.41 bits per heavy atom. The van der Waals surface area contributed by atoms with Crippen LogP contribution < -0.4 is 0 Å². The molecule has 5 heteroatoms. The fourth-order valence-corrected chi connectivity index (χ4v) is 3.18. The van der Waals surface area contributed by atoms with Gasteiger partial charge in [-0.15, -0.1) is 0 Å². The van der Waals surface area contributed by atoms with E-state index in [1.807, 2.05) is 25.4 Å². The van der Waals surface area contributed by atoms with E-state index in [0.29, 0.717) is 0 Å². The third-order valence-corrected chi connectivity index (χ3v) is 4.14. The summed E-state index contributed by atoms with van der Waals surface area (Å²) in [7, 11) is 2.19. The van der Waals surface area contributed by atoms with E-state index in [-0.39, 0.29) is 0 Å². The molecule has 2 aromatic rings. The van der Waals surface area contributed by atoms with Crippen molar-refractivity contribution in [3.63, 3.8) is 0 Å². The van der Waals surface area contributed by atoms with Crippen molar-refractivity contribution in [2.45, 2.75) is 26.4 Å². The molecule has 1 atom stereocenters. The second-order valence-electron chi connectivity index (χ2n) is 6.31. The van der Waals surface area contributed by atoms with Crippen LogP contribution in [0.1, 0.15) is 23.6 Å². The zero-order chi connectivity index (χ0) is 15.4. The van der Waals surface area contributed by atoms with Gasteiger partial charge >= 0.3 is 0 Å². The normalized spacial score (nSPS) is 19.1. The molecule has 0 N–H and O–H groups in total. The number of nitrogens with zero attached hydrogens (tertiary/aromatic N) is 4. The van der Waals surface area contributed by atoms with E-state index in [2.05, 4.69) is 32.9 Å². The van der Waals surface area contributed by atoms with Gasteiger partial charge in [0.2, 0.25) is 5.89 Å². The summed E-state index contributed by atoms with van der Waals surface area (Å²) in [5.74, 6) is 2.45. The number of hydrogen-bond acceptors (Lipinski definition) is 5. The van der Waals surface area contributed by atoms with Gasteiger partial charge < -0.3 is 9.32 Å². The molecule has 2 aromatic heterocycles. The molecule has 0 amide bonds. The molecule has 0 radical (unpaired) electrons. The second kappa shape index (κ2) is 7.03. The van der Waals surface area contributed by atoms with Crippen molar-refractivity contribution in [2.24, 2.45) is 5.92 Å². The molecular weight excluding hydrogens is 276 g/mol. The first-order chi connectivity index (χ1) is 10.7. The fraction of sp³-hybridized carbons (Fsp3) is 0.529. The van der Waals surface area contributed by atoms with Crippen LogP contribution >= 0.6 is 0 Å². The maximum atomic E-state index is 5.57. The monoisotopic (exact) mass is 300 g/mol. The van der Waals surface area contributed by atoms with Crippen molar-refractivity contribution in [2.75, 3.05) is 26.7 Å². The minimum Gasteiger partial charge on any atom is -0.445 e. The molecule has 1 saturated heterocycles. The van der Waals surface area contributed by atoms with Crippen LogP contribution in [0.15, 0.2) is 35.1 Å². The van der Waals surface area contributed by atoms with Crippen LogP contribution in [0.5, 0.6) is 0 Å². The van der Waals surface area contributed by atoms with E-state index >= 15 is 0 Å². The lowest BCUT2D eigenvalue weighted by Crippen LogP contribution is -2.28. The van der Waals surface area contributed by atoms with Crippen molar-refractivity contribution >= 4 is 0 Å². The van der Waals surface area contributed by atoms with Crippen LogP contribution in [-0.2, 0) is 13.1 Å². The molecule has 5 nitrogen and oxygen atoms in total. The van der Waals surface area contributed by atoms with Gasteiger partial charge in [-0.25, -0.2) is 4.98 Å². The SMILES string of the molecule is Cc1cnc(CN2CC[C@@H](CN(C)Cc3cccnc3)C2)o1. The summed E-state index contributed by atoms with van der Waals surface area (Å²) in [6, 6.07) is 4.13. The van der Waals surface area contributed by atoms with Crippen LogP contribution in [-0.4, -0.2) is 46.4 Å². The van der Waals surface area contributed by atoms with Gasteiger partial charge in [-0.05, 0) is 44.5 Å². The second-order valence-corrected chi connectivity index (χ2v) is 6.31. The predicted octanol–water partition coefficient (Wildman–Crippen LogP) is 2.33. The van der Waals surface area contributed by atoms with Gasteiger partial charge in [0.15, 0.2) is 0 Å². The van der Waals surface area contributed by atoms with Crippen molar-refractivity contribution in [1.82, 2.24) is 19.8 Å². The topological polar surface area (TPSA) is 45.4 Å². The van der Waals surface area contributed by atoms with Crippen LogP contribution in [0, 0.1) is 12.8 Å². The summed E-state index contributed by atoms with van der Waals surface area (Å²) < 4.78 is 5.57. The summed E-state index contributed by atoms with van der Waals surface area (Å²) in [5, 5.41) is 0. The number of pyridine rings is 1. The summed E-state index contributed by atoms with van der Waals surface area (Å²) in [6.07, 6.45) is 6.81. The maximum Gasteiger partial charge on any atom is 0.208 e. The summed E-state index contributed by atoms with van der Waals surface area (Å²) in [5.41, 5.74) is 1.27. The van der Waals surface area contributed by atoms with Gasteiger partial charge in [-0.3, -0.25) is 9.88 Å². The molecule has 0 unspecified atom stereocenters. The van der Waals surface area contributed by atoms with Gasteiger partial charge in [-0.1, -0.05) is 6.07 Å². The molecule has 1 aliphatic heterocycles. The third kappa shape index (κ3) is 4.15. The largest absolute Gasteiger partial charge is 0.445 e. The van der Waals surface area contributed by atoms with Crippen LogP contribution in [0.3, 0.4) is 0 Å². The minimum atomic E-state index is 0.720. The number of rotatable bonds is 6. The standard InChI is InChI=1S/C17H24N4O/c1-14-8-19-17(22-14)13-21-7-5-16(12-21)11-20(2)10-15-4-3-6-18-9-15/h3-4,6,8-9,16H,5,7,10-13H2,1-2H3/t16-/m0/s1. The lowest BCUT2D eigenvalue weighted by atomic mass is 10.1. The van der Waals surface area contributed by atoms with Gasteiger partial charge in [0, 0.05) is 32.0 Å². The van der Waals surface area contributed by atoms with E-state index in [1.165, 1.54) is 12.0 Å². The Labute approximate surface area is 132 Å². The van der Waals surface area contributed by atoms with E-state index < -0.39 is 0 Å². The zero-order valence-electron chi connectivity index (χ0n) is 13.4. The highest BCUT2D eigenvalue weighted by Crippen LogP contribution is 2.20. The highest BCUT2D eigenvalue weighted by atomic mass is 16.4. The smallest absolute Gasteiger partial charge is 0.208 e. The molecule has 1 aliphatic rings. The molecule has 1 fully saturated rings. The van der Waals surface area contributed by atoms with E-state index in [1.54, 1.807) is 6.20 Å². The molecule has 0 aromatic carbocycles. The third-order valence-electron chi connectivity index (χ3n) is 4.14. The molecule has 0 bridgehead atoms. The minimum absolute atomic E-state index is 0.720. The average molecular weight is 300 g/mol. The van der Waals surface area contributed by atoms with Crippen molar-refractivity contribution < 1.29 is 4.42 Å². The first kappa shape index (κ1) is 15.2.